The van der Waals surface area contributed by atoms with Crippen molar-refractivity contribution in [3.63, 3.8) is 0 Å². The standard InChI is InChI=1S/C9H13NO4/c1-9(2,3)8(13)14-5-4-6(11)10-7(5)12/h5H,4H2,1-3H3,(H,10,11,12). The van der Waals surface area contributed by atoms with Crippen molar-refractivity contribution < 1.29 is 19.1 Å². The number of hydrogen-bond acceptors (Lipinski definition) is 4. The zero-order chi connectivity index (χ0) is 10.9. The van der Waals surface area contributed by atoms with Crippen molar-refractivity contribution in [3.8, 4) is 0 Å². The molecule has 1 atom stereocenters. The first-order valence-electron chi connectivity index (χ1n) is 4.35. The third kappa shape index (κ3) is 2.31. The summed E-state index contributed by atoms with van der Waals surface area (Å²) < 4.78 is 4.89. The molecule has 0 bridgehead atoms. The third-order valence-corrected chi connectivity index (χ3v) is 1.79. The van der Waals surface area contributed by atoms with E-state index in [-0.39, 0.29) is 6.42 Å². The van der Waals surface area contributed by atoms with Crippen LogP contribution in [0.3, 0.4) is 0 Å². The Morgan fingerprint density at radius 2 is 2.00 bits per heavy atom. The molecule has 1 saturated heterocycles. The second-order valence-electron chi connectivity index (χ2n) is 4.26. The van der Waals surface area contributed by atoms with Crippen LogP contribution >= 0.6 is 0 Å². The number of carbonyl (C=O) groups excluding carboxylic acids is 3. The minimum atomic E-state index is -0.950. The number of hydrogen-bond donors (Lipinski definition) is 1. The number of ether oxygens (including phenoxy) is 1. The zero-order valence-electron chi connectivity index (χ0n) is 8.42. The fourth-order valence-electron chi connectivity index (χ4n) is 0.931. The quantitative estimate of drug-likeness (QED) is 0.476. The molecule has 1 unspecified atom stereocenters. The second kappa shape index (κ2) is 3.40. The van der Waals surface area contributed by atoms with E-state index in [0.717, 1.165) is 0 Å². The molecule has 1 N–H and O–H groups in total. The highest BCUT2D eigenvalue weighted by molar-refractivity contribution is 6.05. The smallest absolute Gasteiger partial charge is 0.312 e. The topological polar surface area (TPSA) is 72.5 Å². The summed E-state index contributed by atoms with van der Waals surface area (Å²) in [7, 11) is 0. The van der Waals surface area contributed by atoms with Gasteiger partial charge < -0.3 is 4.74 Å². The molecule has 0 saturated carbocycles. The minimum Gasteiger partial charge on any atom is -0.451 e. The van der Waals surface area contributed by atoms with Gasteiger partial charge in [-0.1, -0.05) is 0 Å². The summed E-state index contributed by atoms with van der Waals surface area (Å²) in [5.74, 6) is -1.42. The van der Waals surface area contributed by atoms with Gasteiger partial charge in [-0.25, -0.2) is 0 Å². The Bertz CT molecular complexity index is 290. The second-order valence-corrected chi connectivity index (χ2v) is 4.26. The minimum absolute atomic E-state index is 0.0688. The Kier molecular flexibility index (Phi) is 2.59. The van der Waals surface area contributed by atoms with E-state index in [1.54, 1.807) is 20.8 Å². The number of esters is 1. The van der Waals surface area contributed by atoms with E-state index in [1.807, 2.05) is 0 Å². The van der Waals surface area contributed by atoms with Crippen LogP contribution in [0.2, 0.25) is 0 Å². The summed E-state index contributed by atoms with van der Waals surface area (Å²) in [6.07, 6.45) is -1.02. The molecule has 0 aromatic rings. The SMILES string of the molecule is CC(C)(C)C(=O)OC1CC(=O)NC1=O. The molecule has 1 rings (SSSR count). The van der Waals surface area contributed by atoms with E-state index in [0.29, 0.717) is 0 Å². The molecule has 1 fully saturated rings. The largest absolute Gasteiger partial charge is 0.451 e. The van der Waals surface area contributed by atoms with Crippen LogP contribution in [0.15, 0.2) is 0 Å². The maximum atomic E-state index is 11.4. The monoisotopic (exact) mass is 199 g/mol. The van der Waals surface area contributed by atoms with E-state index < -0.39 is 29.3 Å². The lowest BCUT2D eigenvalue weighted by Crippen LogP contribution is -2.32. The van der Waals surface area contributed by atoms with Gasteiger partial charge in [-0.3, -0.25) is 19.7 Å². The summed E-state index contributed by atoms with van der Waals surface area (Å²) >= 11 is 0. The maximum Gasteiger partial charge on any atom is 0.312 e. The molecular weight excluding hydrogens is 186 g/mol. The molecule has 1 aliphatic heterocycles. The summed E-state index contributed by atoms with van der Waals surface area (Å²) in [5.41, 5.74) is -0.661. The summed E-state index contributed by atoms with van der Waals surface area (Å²) in [6.45, 7) is 5.05. The van der Waals surface area contributed by atoms with Gasteiger partial charge in [0, 0.05) is 0 Å². The lowest BCUT2D eigenvalue weighted by molar-refractivity contribution is -0.161. The Morgan fingerprint density at radius 1 is 1.43 bits per heavy atom. The van der Waals surface area contributed by atoms with Crippen LogP contribution in [0.5, 0.6) is 0 Å². The summed E-state index contributed by atoms with van der Waals surface area (Å²) in [6, 6.07) is 0. The first-order chi connectivity index (χ1) is 6.30. The average Bonchev–Trinajstić information content (AvgIpc) is 2.28. The van der Waals surface area contributed by atoms with Gasteiger partial charge >= 0.3 is 5.97 Å². The van der Waals surface area contributed by atoms with E-state index in [4.69, 9.17) is 4.74 Å². The van der Waals surface area contributed by atoms with Crippen molar-refractivity contribution in [1.29, 1.82) is 0 Å². The van der Waals surface area contributed by atoms with Gasteiger partial charge in [0.15, 0.2) is 6.10 Å². The molecule has 0 aliphatic carbocycles. The van der Waals surface area contributed by atoms with Crippen molar-refractivity contribution in [2.24, 2.45) is 5.41 Å². The lowest BCUT2D eigenvalue weighted by atomic mass is 9.97. The van der Waals surface area contributed by atoms with Crippen LogP contribution in [0.4, 0.5) is 0 Å². The molecule has 14 heavy (non-hydrogen) atoms. The first kappa shape index (κ1) is 10.7. The molecule has 0 aromatic heterocycles. The van der Waals surface area contributed by atoms with Crippen LogP contribution in [0.1, 0.15) is 27.2 Å². The summed E-state index contributed by atoms with van der Waals surface area (Å²) in [5, 5.41) is 2.07. The van der Waals surface area contributed by atoms with Gasteiger partial charge in [-0.15, -0.1) is 0 Å². The van der Waals surface area contributed by atoms with Gasteiger partial charge in [-0.05, 0) is 20.8 Å². The van der Waals surface area contributed by atoms with Crippen LogP contribution in [-0.4, -0.2) is 23.9 Å². The molecule has 0 spiro atoms. The fraction of sp³-hybridized carbons (Fsp3) is 0.667. The van der Waals surface area contributed by atoms with Gasteiger partial charge in [0.2, 0.25) is 5.91 Å². The number of carbonyl (C=O) groups is 3. The van der Waals surface area contributed by atoms with Crippen molar-refractivity contribution in [2.75, 3.05) is 0 Å². The first-order valence-corrected chi connectivity index (χ1v) is 4.35. The highest BCUT2D eigenvalue weighted by atomic mass is 16.6. The molecule has 78 valence electrons. The number of imide groups is 1. The highest BCUT2D eigenvalue weighted by Gasteiger charge is 2.36. The molecule has 0 radical (unpaired) electrons. The Balaban J connectivity index is 2.58. The van der Waals surface area contributed by atoms with Gasteiger partial charge in [0.05, 0.1) is 11.8 Å². The molecule has 0 aromatic carbocycles. The van der Waals surface area contributed by atoms with Gasteiger partial charge in [0.25, 0.3) is 5.91 Å². The van der Waals surface area contributed by atoms with E-state index >= 15 is 0 Å². The highest BCUT2D eigenvalue weighted by Crippen LogP contribution is 2.18. The van der Waals surface area contributed by atoms with Crippen molar-refractivity contribution >= 4 is 17.8 Å². The summed E-state index contributed by atoms with van der Waals surface area (Å²) in [4.78, 5) is 33.2. The molecule has 5 nitrogen and oxygen atoms in total. The van der Waals surface area contributed by atoms with Crippen LogP contribution in [0, 0.1) is 5.41 Å². The van der Waals surface area contributed by atoms with Crippen molar-refractivity contribution in [3.05, 3.63) is 0 Å². The zero-order valence-corrected chi connectivity index (χ0v) is 8.42. The predicted molar refractivity (Wildman–Crippen MR) is 47.1 cm³/mol. The lowest BCUT2D eigenvalue weighted by Gasteiger charge is -2.18. The van der Waals surface area contributed by atoms with Crippen LogP contribution in [0.25, 0.3) is 0 Å². The predicted octanol–water partition coefficient (Wildman–Crippen LogP) is -0.00920. The number of amides is 2. The average molecular weight is 199 g/mol. The molecule has 2 amide bonds. The molecule has 1 aliphatic rings. The molecule has 1 heterocycles. The Labute approximate surface area is 81.8 Å². The molecular formula is C9H13NO4. The van der Waals surface area contributed by atoms with Crippen LogP contribution < -0.4 is 5.32 Å². The van der Waals surface area contributed by atoms with E-state index in [1.165, 1.54) is 0 Å². The van der Waals surface area contributed by atoms with E-state index in [2.05, 4.69) is 5.32 Å². The van der Waals surface area contributed by atoms with Crippen molar-refractivity contribution in [1.82, 2.24) is 5.32 Å². The molecule has 5 heteroatoms. The van der Waals surface area contributed by atoms with Crippen molar-refractivity contribution in [2.45, 2.75) is 33.3 Å². The van der Waals surface area contributed by atoms with Gasteiger partial charge in [0.1, 0.15) is 0 Å². The fourth-order valence-corrected chi connectivity index (χ4v) is 0.931. The van der Waals surface area contributed by atoms with E-state index in [9.17, 15) is 14.4 Å². The third-order valence-electron chi connectivity index (χ3n) is 1.79. The maximum absolute atomic E-state index is 11.4. The number of nitrogens with one attached hydrogen (secondary N) is 1. The van der Waals surface area contributed by atoms with Gasteiger partial charge in [-0.2, -0.15) is 0 Å². The Hall–Kier alpha value is -1.39. The normalized spacial score (nSPS) is 22.1. The number of rotatable bonds is 1. The Morgan fingerprint density at radius 3 is 2.36 bits per heavy atom. The van der Waals surface area contributed by atoms with Crippen LogP contribution in [-0.2, 0) is 19.1 Å².